The first kappa shape index (κ1) is 25.7. The summed E-state index contributed by atoms with van der Waals surface area (Å²) in [6.07, 6.45) is -2.29. The molecule has 1 saturated heterocycles. The number of benzene rings is 1. The Morgan fingerprint density at radius 1 is 1.11 bits per heavy atom. The van der Waals surface area contributed by atoms with Crippen molar-refractivity contribution < 1.29 is 27.0 Å². The molecule has 12 heteroatoms. The first-order valence-corrected chi connectivity index (χ1v) is 11.8. The van der Waals surface area contributed by atoms with E-state index in [0.717, 1.165) is 17.7 Å². The van der Waals surface area contributed by atoms with Crippen molar-refractivity contribution in [3.05, 3.63) is 75.3 Å². The maximum Gasteiger partial charge on any atom is 0.416 e. The third kappa shape index (κ3) is 4.83. The monoisotopic (exact) mass is 529 g/mol. The fourth-order valence-corrected chi connectivity index (χ4v) is 4.55. The molecular weight excluding hydrogens is 506 g/mol. The number of aryl methyl sites for hydroxylation is 2. The molecular formula is C26H23F4N5O3. The Bertz CT molecular complexity index is 1590. The maximum absolute atomic E-state index is 15.1. The first-order chi connectivity index (χ1) is 18.0. The van der Waals surface area contributed by atoms with Crippen LogP contribution in [0.15, 0.2) is 41.3 Å². The minimum atomic E-state index is -4.70. The number of fused-ring (bicyclic) bond motifs is 1. The van der Waals surface area contributed by atoms with Gasteiger partial charge in [0.05, 0.1) is 18.8 Å². The summed E-state index contributed by atoms with van der Waals surface area (Å²) in [4.78, 5) is 29.9. The molecule has 1 aliphatic rings. The van der Waals surface area contributed by atoms with Gasteiger partial charge in [0.25, 0.3) is 0 Å². The van der Waals surface area contributed by atoms with Crippen molar-refractivity contribution in [2.75, 3.05) is 13.7 Å². The summed E-state index contributed by atoms with van der Waals surface area (Å²) in [5.74, 6) is -0.801. The van der Waals surface area contributed by atoms with E-state index in [1.807, 2.05) is 0 Å². The molecule has 1 fully saturated rings. The van der Waals surface area contributed by atoms with E-state index < -0.39 is 17.6 Å². The van der Waals surface area contributed by atoms with Crippen molar-refractivity contribution in [1.29, 1.82) is 0 Å². The lowest BCUT2D eigenvalue weighted by Crippen LogP contribution is -2.23. The van der Waals surface area contributed by atoms with E-state index in [-0.39, 0.29) is 45.9 Å². The normalized spacial score (nSPS) is 18.1. The van der Waals surface area contributed by atoms with Gasteiger partial charge in [-0.25, -0.2) is 24.3 Å². The van der Waals surface area contributed by atoms with Gasteiger partial charge in [0.2, 0.25) is 11.4 Å². The van der Waals surface area contributed by atoms with Gasteiger partial charge in [-0.1, -0.05) is 0 Å². The van der Waals surface area contributed by atoms with Crippen LogP contribution >= 0.6 is 0 Å². The number of halogens is 4. The van der Waals surface area contributed by atoms with Crippen LogP contribution in [0.4, 0.5) is 17.6 Å². The van der Waals surface area contributed by atoms with Crippen LogP contribution in [0.5, 0.6) is 5.88 Å². The van der Waals surface area contributed by atoms with Gasteiger partial charge in [0.1, 0.15) is 28.5 Å². The standard InChI is InChI=1S/C26H23F4N5O3/c1-13-25(37-3)33-22-21(17-6-5-16(11-18(17)27)26(28,29)30)32-23(34-24(22)31-13)14-8-9-38-19(10-14)15-4-7-20(36)35(2)12-15/h4-7,11-12,14,19H,8-10H2,1-3H3/t14-,19+/m0/s1. The van der Waals surface area contributed by atoms with E-state index in [9.17, 15) is 18.0 Å². The summed E-state index contributed by atoms with van der Waals surface area (Å²) in [5.41, 5.74) is 0.142. The van der Waals surface area contributed by atoms with Crippen LogP contribution in [0.3, 0.4) is 0 Å². The zero-order valence-electron chi connectivity index (χ0n) is 20.7. The van der Waals surface area contributed by atoms with Gasteiger partial charge in [0, 0.05) is 37.4 Å². The average Bonchev–Trinajstić information content (AvgIpc) is 2.88. The molecule has 0 aliphatic carbocycles. The summed E-state index contributed by atoms with van der Waals surface area (Å²) < 4.78 is 67.3. The molecule has 38 heavy (non-hydrogen) atoms. The molecule has 5 rings (SSSR count). The first-order valence-electron chi connectivity index (χ1n) is 11.8. The summed E-state index contributed by atoms with van der Waals surface area (Å²) in [5, 5.41) is 0. The van der Waals surface area contributed by atoms with Crippen molar-refractivity contribution in [2.24, 2.45) is 7.05 Å². The molecule has 8 nitrogen and oxygen atoms in total. The number of rotatable bonds is 4. The molecule has 4 aromatic rings. The molecule has 0 spiro atoms. The molecule has 0 radical (unpaired) electrons. The van der Waals surface area contributed by atoms with E-state index in [0.29, 0.717) is 37.0 Å². The predicted molar refractivity (Wildman–Crippen MR) is 129 cm³/mol. The molecule has 2 atom stereocenters. The van der Waals surface area contributed by atoms with Gasteiger partial charge in [0.15, 0.2) is 5.65 Å². The van der Waals surface area contributed by atoms with Gasteiger partial charge in [-0.2, -0.15) is 13.2 Å². The highest BCUT2D eigenvalue weighted by atomic mass is 19.4. The molecule has 0 bridgehead atoms. The molecule has 0 saturated carbocycles. The highest BCUT2D eigenvalue weighted by Gasteiger charge is 2.33. The fraction of sp³-hybridized carbons (Fsp3) is 0.346. The Labute approximate surface area is 214 Å². The van der Waals surface area contributed by atoms with Gasteiger partial charge in [-0.15, -0.1) is 0 Å². The van der Waals surface area contributed by atoms with Crippen molar-refractivity contribution in [1.82, 2.24) is 24.5 Å². The Morgan fingerprint density at radius 3 is 2.58 bits per heavy atom. The molecule has 4 heterocycles. The van der Waals surface area contributed by atoms with Crippen LogP contribution < -0.4 is 10.3 Å². The third-order valence-corrected chi connectivity index (χ3v) is 6.55. The van der Waals surface area contributed by atoms with Crippen LogP contribution in [-0.2, 0) is 18.0 Å². The van der Waals surface area contributed by atoms with Crippen LogP contribution in [0.2, 0.25) is 0 Å². The molecule has 1 aliphatic heterocycles. The molecule has 1 aromatic carbocycles. The lowest BCUT2D eigenvalue weighted by Gasteiger charge is -2.29. The Kier molecular flexibility index (Phi) is 6.59. The van der Waals surface area contributed by atoms with Crippen LogP contribution in [0, 0.1) is 12.7 Å². The van der Waals surface area contributed by atoms with Gasteiger partial charge >= 0.3 is 6.18 Å². The Balaban J connectivity index is 1.62. The number of hydrogen-bond acceptors (Lipinski definition) is 7. The lowest BCUT2D eigenvalue weighted by atomic mass is 9.91. The topological polar surface area (TPSA) is 92.0 Å². The number of methoxy groups -OCH3 is 1. The molecule has 0 unspecified atom stereocenters. The van der Waals surface area contributed by atoms with Crippen LogP contribution in [-0.4, -0.2) is 38.2 Å². The van der Waals surface area contributed by atoms with Crippen LogP contribution in [0.25, 0.3) is 22.4 Å². The fourth-order valence-electron chi connectivity index (χ4n) is 4.55. The maximum atomic E-state index is 15.1. The lowest BCUT2D eigenvalue weighted by molar-refractivity contribution is -0.137. The average molecular weight is 529 g/mol. The second-order valence-corrected chi connectivity index (χ2v) is 9.11. The molecule has 0 N–H and O–H groups in total. The second-order valence-electron chi connectivity index (χ2n) is 9.11. The van der Waals surface area contributed by atoms with E-state index in [2.05, 4.69) is 19.9 Å². The van der Waals surface area contributed by atoms with Crippen molar-refractivity contribution in [3.8, 4) is 17.1 Å². The van der Waals surface area contributed by atoms with Crippen molar-refractivity contribution >= 4 is 11.2 Å². The van der Waals surface area contributed by atoms with E-state index in [4.69, 9.17) is 9.47 Å². The zero-order valence-corrected chi connectivity index (χ0v) is 20.7. The number of alkyl halides is 3. The minimum Gasteiger partial charge on any atom is -0.480 e. The third-order valence-electron chi connectivity index (χ3n) is 6.55. The van der Waals surface area contributed by atoms with E-state index in [1.54, 1.807) is 26.2 Å². The molecule has 198 valence electrons. The summed E-state index contributed by atoms with van der Waals surface area (Å²) in [7, 11) is 3.05. The van der Waals surface area contributed by atoms with Crippen LogP contribution in [0.1, 0.15) is 47.5 Å². The number of ether oxygens (including phenoxy) is 2. The van der Waals surface area contributed by atoms with E-state index in [1.165, 1.54) is 17.7 Å². The molecule has 3 aromatic heterocycles. The van der Waals surface area contributed by atoms with Gasteiger partial charge < -0.3 is 14.0 Å². The summed E-state index contributed by atoms with van der Waals surface area (Å²) >= 11 is 0. The van der Waals surface area contributed by atoms with Gasteiger partial charge in [-0.3, -0.25) is 4.79 Å². The summed E-state index contributed by atoms with van der Waals surface area (Å²) in [6, 6.07) is 5.45. The zero-order chi connectivity index (χ0) is 27.2. The van der Waals surface area contributed by atoms with E-state index >= 15 is 4.39 Å². The number of pyridine rings is 1. The highest BCUT2D eigenvalue weighted by Crippen LogP contribution is 2.39. The highest BCUT2D eigenvalue weighted by molar-refractivity contribution is 5.87. The Morgan fingerprint density at radius 2 is 1.89 bits per heavy atom. The molecule has 0 amide bonds. The number of aromatic nitrogens is 5. The quantitative estimate of drug-likeness (QED) is 0.348. The Hall–Kier alpha value is -3.93. The summed E-state index contributed by atoms with van der Waals surface area (Å²) in [6.45, 7) is 2.06. The SMILES string of the molecule is COc1nc2c(-c3ccc(C(F)(F)F)cc3F)nc([C@H]3CCO[C@@H](c4ccc(=O)n(C)c4)C3)nc2nc1C. The van der Waals surface area contributed by atoms with Crippen molar-refractivity contribution in [2.45, 2.75) is 38.0 Å². The van der Waals surface area contributed by atoms with Gasteiger partial charge in [-0.05, 0) is 49.6 Å². The number of nitrogens with zero attached hydrogens (tertiary/aromatic N) is 5. The predicted octanol–water partition coefficient (Wildman–Crippen LogP) is 4.90. The largest absolute Gasteiger partial charge is 0.480 e. The van der Waals surface area contributed by atoms with Crippen molar-refractivity contribution in [3.63, 3.8) is 0 Å². The number of hydrogen-bond donors (Lipinski definition) is 0. The minimum absolute atomic E-state index is 0.0205. The second kappa shape index (κ2) is 9.75. The smallest absolute Gasteiger partial charge is 0.416 e.